The summed E-state index contributed by atoms with van der Waals surface area (Å²) in [6, 6.07) is 0. The van der Waals surface area contributed by atoms with Gasteiger partial charge in [0.05, 0.1) is 6.34 Å². The van der Waals surface area contributed by atoms with Crippen LogP contribution in [-0.2, 0) is 9.13 Å². The van der Waals surface area contributed by atoms with Crippen molar-refractivity contribution in [2.45, 2.75) is 18.2 Å². The third-order valence-electron chi connectivity index (χ3n) is 2.47. The molecule has 0 radical (unpaired) electrons. The van der Waals surface area contributed by atoms with E-state index in [1.165, 1.54) is 0 Å². The van der Waals surface area contributed by atoms with Gasteiger partial charge in [0.15, 0.2) is 5.40 Å². The lowest BCUT2D eigenvalue weighted by atomic mass is 10.2. The summed E-state index contributed by atoms with van der Waals surface area (Å²) < 4.78 is 22.1. The molecule has 4 N–H and O–H groups in total. The number of nitrogens with zero attached hydrogens (tertiary/aromatic N) is 2. The third-order valence-corrected chi connectivity index (χ3v) is 6.35. The summed E-state index contributed by atoms with van der Waals surface area (Å²) >= 11 is 0. The molecule has 0 aromatic heterocycles. The van der Waals surface area contributed by atoms with E-state index in [9.17, 15) is 9.13 Å². The van der Waals surface area contributed by atoms with E-state index in [2.05, 4.69) is 4.99 Å². The van der Waals surface area contributed by atoms with Gasteiger partial charge < -0.3 is 24.5 Å². The third kappa shape index (κ3) is 4.65. The molecule has 8 nitrogen and oxygen atoms in total. The zero-order valence-electron chi connectivity index (χ0n) is 9.75. The van der Waals surface area contributed by atoms with E-state index < -0.39 is 20.6 Å². The van der Waals surface area contributed by atoms with Gasteiger partial charge in [-0.2, -0.15) is 0 Å². The van der Waals surface area contributed by atoms with Crippen molar-refractivity contribution in [2.24, 2.45) is 4.99 Å². The molecule has 0 amide bonds. The highest BCUT2D eigenvalue weighted by Crippen LogP contribution is 2.61. The van der Waals surface area contributed by atoms with Crippen LogP contribution in [0.2, 0.25) is 0 Å². The lowest BCUT2D eigenvalue weighted by Gasteiger charge is -2.20. The van der Waals surface area contributed by atoms with Crippen molar-refractivity contribution in [1.29, 1.82) is 0 Å². The number of allylic oxidation sites excluding steroid dienone is 1. The van der Waals surface area contributed by atoms with E-state index in [-0.39, 0.29) is 12.8 Å². The summed E-state index contributed by atoms with van der Waals surface area (Å²) in [7, 11) is -7.85. The van der Waals surface area contributed by atoms with E-state index in [1.54, 1.807) is 17.3 Å². The van der Waals surface area contributed by atoms with E-state index in [0.717, 1.165) is 0 Å². The van der Waals surface area contributed by atoms with Gasteiger partial charge in [0.25, 0.3) is 0 Å². The average Bonchev–Trinajstić information content (AvgIpc) is 2.17. The Hall–Kier alpha value is -0.490. The monoisotopic (exact) mass is 298 g/mol. The quantitative estimate of drug-likeness (QED) is 0.537. The van der Waals surface area contributed by atoms with Crippen LogP contribution in [0, 0.1) is 0 Å². The predicted molar refractivity (Wildman–Crippen MR) is 66.3 cm³/mol. The minimum atomic E-state index is -4.83. The van der Waals surface area contributed by atoms with Crippen LogP contribution in [0.15, 0.2) is 16.8 Å². The van der Waals surface area contributed by atoms with Crippen molar-refractivity contribution >= 4 is 21.5 Å². The Balaban J connectivity index is 2.68. The van der Waals surface area contributed by atoms with Crippen LogP contribution in [0.1, 0.15) is 12.8 Å². The van der Waals surface area contributed by atoms with Crippen molar-refractivity contribution in [2.75, 3.05) is 13.6 Å². The van der Waals surface area contributed by atoms with E-state index >= 15 is 0 Å². The highest BCUT2D eigenvalue weighted by molar-refractivity contribution is 7.70. The van der Waals surface area contributed by atoms with Crippen molar-refractivity contribution < 1.29 is 28.7 Å². The second-order valence-electron chi connectivity index (χ2n) is 4.08. The summed E-state index contributed by atoms with van der Waals surface area (Å²) in [6.07, 6.45) is 3.11. The van der Waals surface area contributed by atoms with E-state index in [0.29, 0.717) is 12.2 Å². The van der Waals surface area contributed by atoms with Crippen LogP contribution >= 0.6 is 15.2 Å². The topological polar surface area (TPSA) is 131 Å². The smallest absolute Gasteiger partial charge is 0.340 e. The van der Waals surface area contributed by atoms with Gasteiger partial charge >= 0.3 is 15.2 Å². The molecule has 0 aliphatic carbocycles. The fraction of sp³-hybridized carbons (Fsp3) is 0.625. The molecule has 1 aliphatic heterocycles. The SMILES string of the molecule is CN1C=NC(CCC(P(=O)(O)O)P(=O)(O)O)=CC1. The zero-order valence-corrected chi connectivity index (χ0v) is 11.5. The van der Waals surface area contributed by atoms with Gasteiger partial charge in [-0.3, -0.25) is 9.13 Å². The van der Waals surface area contributed by atoms with Crippen LogP contribution in [0.3, 0.4) is 0 Å². The molecule has 0 unspecified atom stereocenters. The molecule has 0 saturated carbocycles. The second kappa shape index (κ2) is 5.65. The van der Waals surface area contributed by atoms with Crippen LogP contribution < -0.4 is 0 Å². The standard InChI is InChI=1S/C8H16N2O6P2/c1-10-5-4-7(9-6-10)2-3-8(17(11,12)13)18(14,15)16/h4,6,8H,2-3,5H2,1H3,(H2,11,12,13)(H2,14,15,16). The summed E-state index contributed by atoms with van der Waals surface area (Å²) in [5.41, 5.74) is 0.569. The Morgan fingerprint density at radius 2 is 1.89 bits per heavy atom. The first-order valence-electron chi connectivity index (χ1n) is 5.14. The molecule has 0 aromatic rings. The molecule has 10 heteroatoms. The first kappa shape index (κ1) is 15.6. The maximum atomic E-state index is 11.0. The molecule has 0 saturated heterocycles. The zero-order chi connectivity index (χ0) is 14.0. The number of hydrogen-bond donors (Lipinski definition) is 4. The van der Waals surface area contributed by atoms with Crippen molar-refractivity contribution in [1.82, 2.24) is 4.90 Å². The molecule has 1 aliphatic rings. The lowest BCUT2D eigenvalue weighted by molar-refractivity contribution is 0.335. The maximum Gasteiger partial charge on any atom is 0.340 e. The van der Waals surface area contributed by atoms with Gasteiger partial charge in [-0.15, -0.1) is 0 Å². The highest BCUT2D eigenvalue weighted by atomic mass is 31.2. The van der Waals surface area contributed by atoms with E-state index in [1.807, 2.05) is 7.05 Å². The Bertz CT molecular complexity index is 429. The summed E-state index contributed by atoms with van der Waals surface area (Å²) in [5.74, 6) is 0. The van der Waals surface area contributed by atoms with Gasteiger partial charge in [0, 0.05) is 19.3 Å². The van der Waals surface area contributed by atoms with Gasteiger partial charge in [0.2, 0.25) is 0 Å². The second-order valence-corrected chi connectivity index (χ2v) is 8.09. The van der Waals surface area contributed by atoms with Gasteiger partial charge in [-0.1, -0.05) is 0 Å². The van der Waals surface area contributed by atoms with Crippen LogP contribution in [-0.4, -0.2) is 49.8 Å². The molecule has 0 aromatic carbocycles. The number of aliphatic imine (C=N–C) groups is 1. The molecular weight excluding hydrogens is 282 g/mol. The molecule has 0 spiro atoms. The molecule has 1 rings (SSSR count). The Morgan fingerprint density at radius 3 is 2.28 bits per heavy atom. The largest absolute Gasteiger partial charge is 0.362 e. The number of likely N-dealkylation sites (N-methyl/N-ethyl adjacent to an activating group) is 1. The van der Waals surface area contributed by atoms with Gasteiger partial charge in [0.1, 0.15) is 0 Å². The normalized spacial score (nSPS) is 17.2. The van der Waals surface area contributed by atoms with Gasteiger partial charge in [-0.25, -0.2) is 4.99 Å². The van der Waals surface area contributed by atoms with Crippen molar-refractivity contribution in [3.8, 4) is 0 Å². The van der Waals surface area contributed by atoms with Crippen molar-refractivity contribution in [3.05, 3.63) is 11.8 Å². The summed E-state index contributed by atoms with van der Waals surface area (Å²) in [6.45, 7) is 0.606. The molecule has 18 heavy (non-hydrogen) atoms. The Morgan fingerprint density at radius 1 is 1.33 bits per heavy atom. The van der Waals surface area contributed by atoms with Crippen LogP contribution in [0.5, 0.6) is 0 Å². The first-order valence-corrected chi connectivity index (χ1v) is 8.51. The molecule has 104 valence electrons. The maximum absolute atomic E-state index is 11.0. The van der Waals surface area contributed by atoms with Crippen molar-refractivity contribution in [3.63, 3.8) is 0 Å². The van der Waals surface area contributed by atoms with Gasteiger partial charge in [-0.05, 0) is 18.9 Å². The Kier molecular flexibility index (Phi) is 4.89. The summed E-state index contributed by atoms with van der Waals surface area (Å²) in [5, 5.41) is -1.96. The summed E-state index contributed by atoms with van der Waals surface area (Å²) in [4.78, 5) is 41.6. The lowest BCUT2D eigenvalue weighted by Crippen LogP contribution is -2.19. The molecule has 0 fully saturated rings. The average molecular weight is 298 g/mol. The molecule has 0 bridgehead atoms. The molecule has 1 heterocycles. The first-order chi connectivity index (χ1) is 8.10. The molecular formula is C8H16N2O6P2. The minimum Gasteiger partial charge on any atom is -0.362 e. The van der Waals surface area contributed by atoms with Crippen LogP contribution in [0.25, 0.3) is 0 Å². The predicted octanol–water partition coefficient (Wildman–Crippen LogP) is 0.306. The number of rotatable bonds is 5. The fourth-order valence-corrected chi connectivity index (χ4v) is 4.00. The van der Waals surface area contributed by atoms with E-state index in [4.69, 9.17) is 19.6 Å². The molecule has 0 atom stereocenters. The Labute approximate surface area is 104 Å². The number of hydrogen-bond acceptors (Lipinski definition) is 4. The fourth-order valence-electron chi connectivity index (χ4n) is 1.50. The highest BCUT2D eigenvalue weighted by Gasteiger charge is 2.42. The van der Waals surface area contributed by atoms with Crippen LogP contribution in [0.4, 0.5) is 0 Å². The minimum absolute atomic E-state index is 0.116.